The fraction of sp³-hybridized carbons (Fsp3) is 0.250. The van der Waals surface area contributed by atoms with Crippen molar-refractivity contribution in [3.05, 3.63) is 154 Å². The van der Waals surface area contributed by atoms with Crippen LogP contribution in [0.4, 0.5) is 11.4 Å². The molecule has 0 aliphatic carbocycles. The summed E-state index contributed by atoms with van der Waals surface area (Å²) in [5.41, 5.74) is 6.20. The molecule has 9 nitrogen and oxygen atoms in total. The highest BCUT2D eigenvalue weighted by Crippen LogP contribution is 2.43. The number of nitrogens with one attached hydrogen (secondary N) is 1. The first-order valence-corrected chi connectivity index (χ1v) is 18.9. The standard InChI is InChI=1S/C44H43BrN4O5/c1-53-38-26-31-23-25-49(33-21-19-32(45)20-22-33)42(35(31)27-39(38)54-2)41(44(51)52)47-40(30-14-7-4-8-15-30)34-16-9-10-17-36(34)46-43(50)37-18-11-24-48(37)28-29-12-5-3-6-13-29/h3-10,12-17,19-22,26-27,37,41-42H,11,18,23-25,28H2,1-2H3,(H,46,50)(H,51,52)/t37-,41-,42+/m0/s1. The maximum Gasteiger partial charge on any atom is 0.330 e. The lowest BCUT2D eigenvalue weighted by Gasteiger charge is -2.41. The van der Waals surface area contributed by atoms with E-state index in [1.165, 1.54) is 0 Å². The Morgan fingerprint density at radius 1 is 0.870 bits per heavy atom. The summed E-state index contributed by atoms with van der Waals surface area (Å²) in [6.45, 7) is 2.08. The van der Waals surface area contributed by atoms with Crippen molar-refractivity contribution in [2.75, 3.05) is 37.5 Å². The maximum atomic E-state index is 14.1. The molecule has 0 spiro atoms. The van der Waals surface area contributed by atoms with Crippen LogP contribution in [-0.4, -0.2) is 67.0 Å². The molecular formula is C44H43BrN4O5. The topological polar surface area (TPSA) is 104 Å². The van der Waals surface area contributed by atoms with Crippen molar-refractivity contribution in [1.82, 2.24) is 4.90 Å². The molecular weight excluding hydrogens is 744 g/mol. The minimum absolute atomic E-state index is 0.0956. The van der Waals surface area contributed by atoms with E-state index in [4.69, 9.17) is 14.5 Å². The molecule has 2 N–H and O–H groups in total. The highest BCUT2D eigenvalue weighted by molar-refractivity contribution is 9.10. The quantitative estimate of drug-likeness (QED) is 0.123. The Labute approximate surface area is 324 Å². The van der Waals surface area contributed by atoms with Crippen LogP contribution in [0, 0.1) is 0 Å². The number of likely N-dealkylation sites (tertiary alicyclic amines) is 1. The number of halogens is 1. The number of amides is 1. The number of fused-ring (bicyclic) bond motifs is 1. The first-order valence-electron chi connectivity index (χ1n) is 18.2. The number of para-hydroxylation sites is 1. The van der Waals surface area contributed by atoms with E-state index in [0.29, 0.717) is 48.0 Å². The number of benzene rings is 5. The first kappa shape index (κ1) is 36.9. The van der Waals surface area contributed by atoms with Crippen molar-refractivity contribution in [3.63, 3.8) is 0 Å². The number of ether oxygens (including phenoxy) is 2. The summed E-state index contributed by atoms with van der Waals surface area (Å²) in [6, 6.07) is 36.7. The van der Waals surface area contributed by atoms with E-state index in [0.717, 1.165) is 51.8 Å². The van der Waals surface area contributed by atoms with Gasteiger partial charge in [0.05, 0.1) is 37.7 Å². The number of anilines is 2. The number of carboxylic acid groups (broad SMARTS) is 1. The van der Waals surface area contributed by atoms with Gasteiger partial charge in [-0.05, 0) is 85.0 Å². The van der Waals surface area contributed by atoms with Gasteiger partial charge in [-0.25, -0.2) is 4.79 Å². The van der Waals surface area contributed by atoms with Gasteiger partial charge < -0.3 is 24.8 Å². The summed E-state index contributed by atoms with van der Waals surface area (Å²) >= 11 is 3.55. The predicted molar refractivity (Wildman–Crippen MR) is 216 cm³/mol. The average molecular weight is 788 g/mol. The van der Waals surface area contributed by atoms with Crippen molar-refractivity contribution in [2.24, 2.45) is 4.99 Å². The van der Waals surface area contributed by atoms with Crippen LogP contribution in [-0.2, 0) is 22.6 Å². The SMILES string of the molecule is COc1cc2c(cc1OC)[C@H]([C@H](N=C(c1ccccc1)c1ccccc1NC(=O)[C@@H]1CCCN1Cc1ccccc1)C(=O)O)N(c1ccc(Br)cc1)CC2. The number of carboxylic acids is 1. The Balaban J connectivity index is 1.32. The Hall–Kier alpha value is -5.45. The fourth-order valence-corrected chi connectivity index (χ4v) is 7.94. The second-order valence-electron chi connectivity index (χ2n) is 13.5. The van der Waals surface area contributed by atoms with Gasteiger partial charge in [0.1, 0.15) is 0 Å². The second-order valence-corrected chi connectivity index (χ2v) is 14.5. The van der Waals surface area contributed by atoms with E-state index < -0.39 is 18.1 Å². The molecule has 5 aromatic rings. The molecule has 0 bridgehead atoms. The summed E-state index contributed by atoms with van der Waals surface area (Å²) in [5, 5.41) is 14.4. The van der Waals surface area contributed by atoms with Crippen molar-refractivity contribution >= 4 is 44.9 Å². The molecule has 2 aliphatic rings. The van der Waals surface area contributed by atoms with Gasteiger partial charge in [0.15, 0.2) is 17.5 Å². The summed E-state index contributed by atoms with van der Waals surface area (Å²) < 4.78 is 12.3. The Bertz CT molecular complexity index is 2130. The van der Waals surface area contributed by atoms with Crippen molar-refractivity contribution in [2.45, 2.75) is 43.9 Å². The lowest BCUT2D eigenvalue weighted by atomic mass is 9.86. The van der Waals surface area contributed by atoms with E-state index in [1.807, 2.05) is 109 Å². The zero-order chi connectivity index (χ0) is 37.6. The Kier molecular flexibility index (Phi) is 11.4. The predicted octanol–water partition coefficient (Wildman–Crippen LogP) is 8.16. The van der Waals surface area contributed by atoms with Crippen molar-refractivity contribution in [1.29, 1.82) is 0 Å². The molecule has 7 rings (SSSR count). The van der Waals surface area contributed by atoms with Crippen LogP contribution in [0.5, 0.6) is 11.5 Å². The number of hydrogen-bond acceptors (Lipinski definition) is 7. The average Bonchev–Trinajstić information content (AvgIpc) is 3.67. The van der Waals surface area contributed by atoms with Crippen LogP contribution >= 0.6 is 15.9 Å². The molecule has 0 aromatic heterocycles. The van der Waals surface area contributed by atoms with Crippen molar-refractivity contribution < 1.29 is 24.2 Å². The summed E-state index contributed by atoms with van der Waals surface area (Å²) in [7, 11) is 3.17. The molecule has 0 saturated carbocycles. The van der Waals surface area contributed by atoms with Gasteiger partial charge in [0.2, 0.25) is 5.91 Å². The Morgan fingerprint density at radius 3 is 2.24 bits per heavy atom. The number of carbonyl (C=O) groups is 2. The summed E-state index contributed by atoms with van der Waals surface area (Å²) in [6.07, 6.45) is 2.35. The molecule has 1 amide bonds. The van der Waals surface area contributed by atoms with Gasteiger partial charge >= 0.3 is 5.97 Å². The molecule has 0 radical (unpaired) electrons. The zero-order valence-corrected chi connectivity index (χ0v) is 31.9. The van der Waals surface area contributed by atoms with Gasteiger partial charge in [-0.2, -0.15) is 0 Å². The monoisotopic (exact) mass is 786 g/mol. The number of methoxy groups -OCH3 is 2. The third-order valence-electron chi connectivity index (χ3n) is 10.3. The van der Waals surface area contributed by atoms with Gasteiger partial charge in [-0.15, -0.1) is 0 Å². The molecule has 1 fully saturated rings. The smallest absolute Gasteiger partial charge is 0.330 e. The molecule has 1 saturated heterocycles. The normalized spacial score (nSPS) is 17.8. The van der Waals surface area contributed by atoms with E-state index >= 15 is 0 Å². The van der Waals surface area contributed by atoms with Gasteiger partial charge in [0.25, 0.3) is 0 Å². The number of hydrogen-bond donors (Lipinski definition) is 2. The molecule has 0 unspecified atom stereocenters. The minimum atomic E-state index is -1.26. The highest BCUT2D eigenvalue weighted by atomic mass is 79.9. The van der Waals surface area contributed by atoms with Crippen LogP contribution in [0.15, 0.2) is 131 Å². The van der Waals surface area contributed by atoms with E-state index in [9.17, 15) is 14.7 Å². The van der Waals surface area contributed by atoms with Crippen LogP contribution < -0.4 is 19.7 Å². The maximum absolute atomic E-state index is 14.1. The highest BCUT2D eigenvalue weighted by Gasteiger charge is 2.40. The minimum Gasteiger partial charge on any atom is -0.493 e. The molecule has 2 aliphatic heterocycles. The third-order valence-corrected chi connectivity index (χ3v) is 10.8. The lowest BCUT2D eigenvalue weighted by Crippen LogP contribution is -2.44. The summed E-state index contributed by atoms with van der Waals surface area (Å²) in [4.78, 5) is 37.3. The van der Waals surface area contributed by atoms with Crippen LogP contribution in [0.25, 0.3) is 0 Å². The lowest BCUT2D eigenvalue weighted by molar-refractivity contribution is -0.139. The molecule has 276 valence electrons. The molecule has 2 heterocycles. The number of rotatable bonds is 12. The largest absolute Gasteiger partial charge is 0.493 e. The van der Waals surface area contributed by atoms with Crippen LogP contribution in [0.2, 0.25) is 0 Å². The van der Waals surface area contributed by atoms with Crippen LogP contribution in [0.1, 0.15) is 46.7 Å². The van der Waals surface area contributed by atoms with E-state index in [1.54, 1.807) is 14.2 Å². The molecule has 5 aromatic carbocycles. The van der Waals surface area contributed by atoms with Gasteiger partial charge in [-0.3, -0.25) is 14.7 Å². The second kappa shape index (κ2) is 16.7. The zero-order valence-electron chi connectivity index (χ0n) is 30.3. The molecule has 54 heavy (non-hydrogen) atoms. The number of aliphatic carboxylic acids is 1. The molecule has 3 atom stereocenters. The van der Waals surface area contributed by atoms with E-state index in [-0.39, 0.29) is 11.9 Å². The number of carbonyl (C=O) groups excluding carboxylic acids is 1. The number of aliphatic imine (C=N–C) groups is 1. The van der Waals surface area contributed by atoms with Gasteiger partial charge in [-0.1, -0.05) is 94.8 Å². The van der Waals surface area contributed by atoms with Crippen LogP contribution in [0.3, 0.4) is 0 Å². The summed E-state index contributed by atoms with van der Waals surface area (Å²) in [5.74, 6) is -0.0813. The Morgan fingerprint density at radius 2 is 1.54 bits per heavy atom. The molecule has 10 heteroatoms. The third kappa shape index (κ3) is 7.90. The fourth-order valence-electron chi connectivity index (χ4n) is 7.68. The number of nitrogens with zero attached hydrogens (tertiary/aromatic N) is 3. The van der Waals surface area contributed by atoms with E-state index in [2.05, 4.69) is 43.2 Å². The van der Waals surface area contributed by atoms with Crippen molar-refractivity contribution in [3.8, 4) is 11.5 Å². The van der Waals surface area contributed by atoms with Gasteiger partial charge in [0, 0.05) is 34.4 Å². The first-order chi connectivity index (χ1) is 26.3.